The SMILES string of the molecule is O=C(O)N1CCC(c2ccc(OCC(COc3ccccc3)OCc3ccccc3)cc2)C(OCc2ccc3ccccc3c2)C1. The molecule has 1 aliphatic rings. The number of benzene rings is 5. The van der Waals surface area contributed by atoms with Crippen LogP contribution in [0, 0.1) is 0 Å². The quantitative estimate of drug-likeness (QED) is 0.145. The van der Waals surface area contributed by atoms with Gasteiger partial charge in [0.2, 0.25) is 0 Å². The molecule has 0 aliphatic carbocycles. The van der Waals surface area contributed by atoms with Crippen molar-refractivity contribution in [2.24, 2.45) is 0 Å². The molecular weight excluding hydrogens is 578 g/mol. The molecule has 1 saturated heterocycles. The maximum absolute atomic E-state index is 11.8. The van der Waals surface area contributed by atoms with E-state index < -0.39 is 6.09 Å². The van der Waals surface area contributed by atoms with Gasteiger partial charge in [-0.2, -0.15) is 0 Å². The summed E-state index contributed by atoms with van der Waals surface area (Å²) in [6.45, 7) is 2.35. The Morgan fingerprint density at radius 1 is 0.717 bits per heavy atom. The molecular formula is C39H39NO6. The molecule has 5 aromatic rings. The lowest BCUT2D eigenvalue weighted by molar-refractivity contribution is -0.0200. The summed E-state index contributed by atoms with van der Waals surface area (Å²) >= 11 is 0. The third kappa shape index (κ3) is 8.44. The molecule has 7 heteroatoms. The van der Waals surface area contributed by atoms with E-state index in [1.165, 1.54) is 10.3 Å². The first-order chi connectivity index (χ1) is 22.6. The third-order valence-corrected chi connectivity index (χ3v) is 8.36. The van der Waals surface area contributed by atoms with E-state index in [9.17, 15) is 9.90 Å². The molecule has 7 nitrogen and oxygen atoms in total. The molecule has 1 N–H and O–H groups in total. The highest BCUT2D eigenvalue weighted by atomic mass is 16.6. The molecule has 0 spiro atoms. The van der Waals surface area contributed by atoms with E-state index in [4.69, 9.17) is 18.9 Å². The van der Waals surface area contributed by atoms with Crippen molar-refractivity contribution in [3.8, 4) is 11.5 Å². The fourth-order valence-corrected chi connectivity index (χ4v) is 5.81. The minimum Gasteiger partial charge on any atom is -0.491 e. The van der Waals surface area contributed by atoms with Crippen molar-refractivity contribution in [2.75, 3.05) is 26.3 Å². The van der Waals surface area contributed by atoms with E-state index in [1.807, 2.05) is 84.9 Å². The number of amides is 1. The minimum absolute atomic E-state index is 0.0614. The van der Waals surface area contributed by atoms with Gasteiger partial charge in [0.25, 0.3) is 0 Å². The lowest BCUT2D eigenvalue weighted by atomic mass is 9.87. The van der Waals surface area contributed by atoms with Crippen LogP contribution in [0.4, 0.5) is 4.79 Å². The molecule has 1 aliphatic heterocycles. The number of hydrogen-bond acceptors (Lipinski definition) is 5. The summed E-state index contributed by atoms with van der Waals surface area (Å²) in [5.41, 5.74) is 3.25. The van der Waals surface area contributed by atoms with Crippen LogP contribution in [0.2, 0.25) is 0 Å². The van der Waals surface area contributed by atoms with Crippen LogP contribution in [-0.4, -0.2) is 54.6 Å². The number of ether oxygens (including phenoxy) is 4. The number of piperidine rings is 1. The predicted molar refractivity (Wildman–Crippen MR) is 178 cm³/mol. The Morgan fingerprint density at radius 2 is 1.37 bits per heavy atom. The molecule has 46 heavy (non-hydrogen) atoms. The summed E-state index contributed by atoms with van der Waals surface area (Å²) < 4.78 is 24.8. The molecule has 0 bridgehead atoms. The van der Waals surface area contributed by atoms with E-state index in [0.717, 1.165) is 33.6 Å². The van der Waals surface area contributed by atoms with Gasteiger partial charge in [-0.15, -0.1) is 0 Å². The summed E-state index contributed by atoms with van der Waals surface area (Å²) in [5, 5.41) is 12.0. The second-order valence-electron chi connectivity index (χ2n) is 11.6. The lowest BCUT2D eigenvalue weighted by Gasteiger charge is -2.37. The Bertz CT molecular complexity index is 1630. The van der Waals surface area contributed by atoms with Crippen LogP contribution in [0.15, 0.2) is 127 Å². The van der Waals surface area contributed by atoms with E-state index in [1.54, 1.807) is 0 Å². The number of fused-ring (bicyclic) bond motifs is 1. The van der Waals surface area contributed by atoms with Gasteiger partial charge in [-0.25, -0.2) is 4.79 Å². The lowest BCUT2D eigenvalue weighted by Crippen LogP contribution is -2.46. The van der Waals surface area contributed by atoms with Gasteiger partial charge in [-0.05, 0) is 64.2 Å². The van der Waals surface area contributed by atoms with E-state index in [-0.39, 0.29) is 18.1 Å². The number of nitrogens with zero attached hydrogens (tertiary/aromatic N) is 1. The van der Waals surface area contributed by atoms with Crippen LogP contribution < -0.4 is 9.47 Å². The Labute approximate surface area is 269 Å². The number of para-hydroxylation sites is 1. The number of carboxylic acid groups (broad SMARTS) is 1. The number of carbonyl (C=O) groups is 1. The van der Waals surface area contributed by atoms with Gasteiger partial charge in [0.1, 0.15) is 30.8 Å². The topological polar surface area (TPSA) is 77.5 Å². The van der Waals surface area contributed by atoms with Crippen molar-refractivity contribution in [3.05, 3.63) is 144 Å². The van der Waals surface area contributed by atoms with Gasteiger partial charge in [-0.1, -0.05) is 97.1 Å². The largest absolute Gasteiger partial charge is 0.491 e. The Balaban J connectivity index is 1.09. The van der Waals surface area contributed by atoms with Crippen LogP contribution in [-0.2, 0) is 22.7 Å². The van der Waals surface area contributed by atoms with Gasteiger partial charge in [0.15, 0.2) is 0 Å². The molecule has 1 heterocycles. The summed E-state index contributed by atoms with van der Waals surface area (Å²) in [5.74, 6) is 1.58. The average Bonchev–Trinajstić information content (AvgIpc) is 3.11. The van der Waals surface area contributed by atoms with Crippen LogP contribution in [0.25, 0.3) is 10.8 Å². The molecule has 0 saturated carbocycles. The second-order valence-corrected chi connectivity index (χ2v) is 11.6. The van der Waals surface area contributed by atoms with Crippen LogP contribution >= 0.6 is 0 Å². The first kappa shape index (κ1) is 31.1. The van der Waals surface area contributed by atoms with Gasteiger partial charge in [0.05, 0.1) is 25.9 Å². The average molecular weight is 618 g/mol. The molecule has 3 unspecified atom stereocenters. The molecule has 6 rings (SSSR count). The Morgan fingerprint density at radius 3 is 2.09 bits per heavy atom. The van der Waals surface area contributed by atoms with E-state index in [0.29, 0.717) is 45.9 Å². The number of rotatable bonds is 13. The zero-order valence-electron chi connectivity index (χ0n) is 25.7. The fraction of sp³-hybridized carbons (Fsp3) is 0.256. The molecule has 1 fully saturated rings. The first-order valence-electron chi connectivity index (χ1n) is 15.7. The van der Waals surface area contributed by atoms with Crippen molar-refractivity contribution in [2.45, 2.75) is 37.8 Å². The fourth-order valence-electron chi connectivity index (χ4n) is 5.81. The van der Waals surface area contributed by atoms with Crippen molar-refractivity contribution >= 4 is 16.9 Å². The molecule has 0 aromatic heterocycles. The van der Waals surface area contributed by atoms with Crippen molar-refractivity contribution in [3.63, 3.8) is 0 Å². The highest BCUT2D eigenvalue weighted by molar-refractivity contribution is 5.82. The Hall–Kier alpha value is -4.85. The first-order valence-corrected chi connectivity index (χ1v) is 15.7. The van der Waals surface area contributed by atoms with E-state index >= 15 is 0 Å². The standard InChI is InChI=1S/C39H39NO6/c41-39(42)40-22-21-37(38(24-40)46-26-30-15-16-31-11-7-8-12-33(31)23-30)32-17-19-35(20-18-32)45-28-36(27-44-34-13-5-2-6-14-34)43-25-29-9-3-1-4-10-29/h1-20,23,36-38H,21-22,24-28H2,(H,41,42). The summed E-state index contributed by atoms with van der Waals surface area (Å²) in [4.78, 5) is 13.3. The molecule has 5 aromatic carbocycles. The van der Waals surface area contributed by atoms with Gasteiger partial charge >= 0.3 is 6.09 Å². The molecule has 3 atom stereocenters. The monoisotopic (exact) mass is 617 g/mol. The maximum Gasteiger partial charge on any atom is 0.407 e. The van der Waals surface area contributed by atoms with Crippen molar-refractivity contribution in [1.82, 2.24) is 4.90 Å². The Kier molecular flexibility index (Phi) is 10.4. The minimum atomic E-state index is -0.915. The zero-order valence-corrected chi connectivity index (χ0v) is 25.7. The second kappa shape index (κ2) is 15.4. The number of hydrogen-bond donors (Lipinski definition) is 1. The summed E-state index contributed by atoms with van der Waals surface area (Å²) in [7, 11) is 0. The van der Waals surface area contributed by atoms with E-state index in [2.05, 4.69) is 42.5 Å². The summed E-state index contributed by atoms with van der Waals surface area (Å²) in [6.07, 6.45) is -0.787. The zero-order chi connectivity index (χ0) is 31.6. The van der Waals surface area contributed by atoms with Crippen molar-refractivity contribution in [1.29, 1.82) is 0 Å². The third-order valence-electron chi connectivity index (χ3n) is 8.36. The molecule has 1 amide bonds. The van der Waals surface area contributed by atoms with Gasteiger partial charge < -0.3 is 29.0 Å². The molecule has 0 radical (unpaired) electrons. The molecule has 236 valence electrons. The smallest absolute Gasteiger partial charge is 0.407 e. The van der Waals surface area contributed by atoms with Gasteiger partial charge in [0, 0.05) is 12.5 Å². The highest BCUT2D eigenvalue weighted by Crippen LogP contribution is 2.32. The summed E-state index contributed by atoms with van der Waals surface area (Å²) in [6, 6.07) is 42.3. The van der Waals surface area contributed by atoms with Crippen LogP contribution in [0.3, 0.4) is 0 Å². The predicted octanol–water partition coefficient (Wildman–Crippen LogP) is 7.94. The maximum atomic E-state index is 11.8. The van der Waals surface area contributed by atoms with Crippen LogP contribution in [0.5, 0.6) is 11.5 Å². The van der Waals surface area contributed by atoms with Gasteiger partial charge in [-0.3, -0.25) is 0 Å². The van der Waals surface area contributed by atoms with Crippen LogP contribution in [0.1, 0.15) is 29.0 Å². The van der Waals surface area contributed by atoms with Crippen molar-refractivity contribution < 1.29 is 28.8 Å². The highest BCUT2D eigenvalue weighted by Gasteiger charge is 2.33. The normalized spacial score (nSPS) is 17.0. The number of likely N-dealkylation sites (tertiary alicyclic amines) is 1.